The predicted molar refractivity (Wildman–Crippen MR) is 243 cm³/mol. The summed E-state index contributed by atoms with van der Waals surface area (Å²) in [6.45, 7) is 2.13. The van der Waals surface area contributed by atoms with Crippen LogP contribution in [0.5, 0.6) is 0 Å². The third-order valence-electron chi connectivity index (χ3n) is 12.6. The van der Waals surface area contributed by atoms with E-state index in [1.54, 1.807) is 0 Å². The Balaban J connectivity index is 0.0000224. The largest absolute Gasteiger partial charge is 1.00 e. The van der Waals surface area contributed by atoms with Crippen molar-refractivity contribution in [1.82, 2.24) is 0 Å². The maximum atomic E-state index is 13.3. The summed E-state index contributed by atoms with van der Waals surface area (Å²) in [5, 5.41) is 82.8. The fraction of sp³-hybridized carbons (Fsp3) is 0.957. The van der Waals surface area contributed by atoms with Gasteiger partial charge in [-0.2, -0.15) is 0 Å². The standard InChI is InChI=1S/C47H89O18P.Na/c1-3-5-7-9-11-13-15-17-19-21-23-25-27-29-36(49)60-32-34(62-37(50)30-28-26-24-22-20-18-16-14-12-10-8-6-4-2)33-61-66(58,59)65-46-43(56)41(54)40(53)42(55)45(46)64-47-44(57)39(52)38(51)35(31-48)63-47;/h34-35,38-48,51-57H,3-33H2,1-2H3,(H,58,59);/q;+1/p-1/t34-,35-,38-,39+,40-,41-,42+,43-,44-,45-,46-,47-;/m1./s1. The molecule has 1 saturated heterocycles. The first-order valence-electron chi connectivity index (χ1n) is 25.3. The third kappa shape index (κ3) is 26.8. The Morgan fingerprint density at radius 2 is 0.925 bits per heavy atom. The van der Waals surface area contributed by atoms with Crippen LogP contribution >= 0.6 is 7.82 Å². The minimum atomic E-state index is -5.62. The Labute approximate surface area is 422 Å². The average Bonchev–Trinajstić information content (AvgIpc) is 3.29. The van der Waals surface area contributed by atoms with Crippen molar-refractivity contribution in [3.05, 3.63) is 0 Å². The van der Waals surface area contributed by atoms with Crippen LogP contribution in [0.15, 0.2) is 0 Å². The van der Waals surface area contributed by atoms with Crippen molar-refractivity contribution in [3.8, 4) is 0 Å². The van der Waals surface area contributed by atoms with Crippen LogP contribution in [-0.4, -0.2) is 146 Å². The third-order valence-corrected chi connectivity index (χ3v) is 13.5. The van der Waals surface area contributed by atoms with Gasteiger partial charge in [0.15, 0.2) is 12.4 Å². The summed E-state index contributed by atoms with van der Waals surface area (Å²) in [4.78, 5) is 38.9. The zero-order valence-corrected chi connectivity index (χ0v) is 43.9. The first kappa shape index (κ1) is 64.7. The molecular weight excluding hydrogens is 906 g/mol. The molecule has 2 fully saturated rings. The van der Waals surface area contributed by atoms with E-state index in [1.807, 2.05) is 0 Å². The average molecular weight is 995 g/mol. The molecule has 0 radical (unpaired) electrons. The van der Waals surface area contributed by atoms with Gasteiger partial charge in [0.1, 0.15) is 67.6 Å². The van der Waals surface area contributed by atoms with E-state index in [9.17, 15) is 59.9 Å². The number of ether oxygens (including phenoxy) is 4. The molecule has 1 aliphatic heterocycles. The van der Waals surface area contributed by atoms with Crippen LogP contribution in [0.25, 0.3) is 0 Å². The number of hydrogen-bond acceptors (Lipinski definition) is 18. The predicted octanol–water partition coefficient (Wildman–Crippen LogP) is 1.92. The Hall–Kier alpha value is -0.350. The molecule has 1 saturated carbocycles. The molecular formula is C47H88NaO18P. The Morgan fingerprint density at radius 3 is 1.36 bits per heavy atom. The van der Waals surface area contributed by atoms with Crippen LogP contribution in [-0.2, 0) is 42.1 Å². The number of aliphatic hydroxyl groups is 8. The molecule has 20 heteroatoms. The molecule has 18 nitrogen and oxygen atoms in total. The number of phosphoric acid groups is 1. The zero-order valence-electron chi connectivity index (χ0n) is 41.0. The van der Waals surface area contributed by atoms with Gasteiger partial charge in [-0.15, -0.1) is 0 Å². The summed E-state index contributed by atoms with van der Waals surface area (Å²) in [6.07, 6.45) is 5.68. The summed E-state index contributed by atoms with van der Waals surface area (Å²) >= 11 is 0. The van der Waals surface area contributed by atoms with E-state index >= 15 is 0 Å². The molecule has 390 valence electrons. The summed E-state index contributed by atoms with van der Waals surface area (Å²) in [7, 11) is -5.62. The van der Waals surface area contributed by atoms with Crippen molar-refractivity contribution in [1.29, 1.82) is 0 Å². The molecule has 1 heterocycles. The maximum absolute atomic E-state index is 13.3. The molecule has 2 rings (SSSR count). The second-order valence-electron chi connectivity index (χ2n) is 18.4. The van der Waals surface area contributed by atoms with Crippen molar-refractivity contribution < 1.29 is 117 Å². The van der Waals surface area contributed by atoms with Crippen molar-refractivity contribution in [2.45, 2.75) is 267 Å². The second-order valence-corrected chi connectivity index (χ2v) is 19.7. The van der Waals surface area contributed by atoms with Crippen LogP contribution in [0.3, 0.4) is 0 Å². The SMILES string of the molecule is CCCCCCCCCCCCCCCC(=O)OC[C@H](COP(=O)([O-])O[C@@H]1[C@H](O)[C@H](O)[C@@H](O)[C@H](O)[C@H]1O[C@H]1O[C@H](CO)[C@@H](O)[C@H](O)[C@H]1O)OC(=O)CCCCCCCCCCCCCCC.[Na+]. The van der Waals surface area contributed by atoms with Crippen molar-refractivity contribution in [2.24, 2.45) is 0 Å². The molecule has 0 aromatic carbocycles. The zero-order chi connectivity index (χ0) is 48.7. The normalized spacial score (nSPS) is 27.8. The first-order valence-corrected chi connectivity index (χ1v) is 26.8. The van der Waals surface area contributed by atoms with Crippen LogP contribution in [0.1, 0.15) is 194 Å². The smallest absolute Gasteiger partial charge is 0.756 e. The number of hydrogen-bond donors (Lipinski definition) is 8. The number of unbranched alkanes of at least 4 members (excludes halogenated alkanes) is 24. The monoisotopic (exact) mass is 995 g/mol. The fourth-order valence-electron chi connectivity index (χ4n) is 8.34. The molecule has 0 aromatic heterocycles. The van der Waals surface area contributed by atoms with Crippen molar-refractivity contribution in [2.75, 3.05) is 19.8 Å². The number of aliphatic hydroxyl groups excluding tert-OH is 8. The Bertz CT molecular complexity index is 1300. The molecule has 0 spiro atoms. The van der Waals surface area contributed by atoms with E-state index < -0.39 is 113 Å². The number of rotatable bonds is 39. The van der Waals surface area contributed by atoms with Crippen LogP contribution in [0.2, 0.25) is 0 Å². The second kappa shape index (κ2) is 38.3. The summed E-state index contributed by atoms with van der Waals surface area (Å²) in [5.74, 6) is -1.24. The van der Waals surface area contributed by atoms with Gasteiger partial charge in [-0.1, -0.05) is 168 Å². The van der Waals surface area contributed by atoms with Gasteiger partial charge >= 0.3 is 41.5 Å². The molecule has 0 bridgehead atoms. The van der Waals surface area contributed by atoms with E-state index in [-0.39, 0.29) is 42.4 Å². The number of esters is 2. The van der Waals surface area contributed by atoms with Gasteiger partial charge in [-0.05, 0) is 12.8 Å². The molecule has 0 amide bonds. The van der Waals surface area contributed by atoms with Gasteiger partial charge in [0.25, 0.3) is 7.82 Å². The summed E-state index contributed by atoms with van der Waals surface area (Å²) in [5.41, 5.74) is 0. The Morgan fingerprint density at radius 1 is 0.537 bits per heavy atom. The number of carbonyl (C=O) groups excluding carboxylic acids is 2. The van der Waals surface area contributed by atoms with Crippen molar-refractivity contribution >= 4 is 19.8 Å². The van der Waals surface area contributed by atoms with Crippen LogP contribution in [0, 0.1) is 0 Å². The summed E-state index contributed by atoms with van der Waals surface area (Å²) in [6, 6.07) is 0. The van der Waals surface area contributed by atoms with E-state index in [0.29, 0.717) is 12.8 Å². The molecule has 0 aromatic rings. The van der Waals surface area contributed by atoms with E-state index in [0.717, 1.165) is 51.4 Å². The maximum Gasteiger partial charge on any atom is 1.00 e. The first-order chi connectivity index (χ1) is 31.7. The van der Waals surface area contributed by atoms with E-state index in [4.69, 9.17) is 28.0 Å². The fourth-order valence-corrected chi connectivity index (χ4v) is 9.30. The minimum Gasteiger partial charge on any atom is -0.756 e. The molecule has 2 aliphatic rings. The molecule has 1 unspecified atom stereocenters. The van der Waals surface area contributed by atoms with Crippen molar-refractivity contribution in [3.63, 3.8) is 0 Å². The Kier molecular flexibility index (Phi) is 37.0. The van der Waals surface area contributed by atoms with E-state index in [1.165, 1.54) is 103 Å². The van der Waals surface area contributed by atoms with Gasteiger partial charge in [0, 0.05) is 12.8 Å². The number of carbonyl (C=O) groups is 2. The summed E-state index contributed by atoms with van der Waals surface area (Å²) < 4.78 is 45.0. The topological polar surface area (TPSA) is 291 Å². The van der Waals surface area contributed by atoms with E-state index in [2.05, 4.69) is 13.8 Å². The molecule has 13 atom stereocenters. The van der Waals surface area contributed by atoms with Gasteiger partial charge < -0.3 is 73.7 Å². The van der Waals surface area contributed by atoms with Gasteiger partial charge in [-0.25, -0.2) is 0 Å². The van der Waals surface area contributed by atoms with Crippen LogP contribution in [0.4, 0.5) is 0 Å². The van der Waals surface area contributed by atoms with Gasteiger partial charge in [0.2, 0.25) is 0 Å². The van der Waals surface area contributed by atoms with Gasteiger partial charge in [0.05, 0.1) is 13.2 Å². The molecule has 67 heavy (non-hydrogen) atoms. The minimum absolute atomic E-state index is 0. The number of phosphoric ester groups is 1. The quantitative estimate of drug-likeness (QED) is 0.0189. The van der Waals surface area contributed by atoms with Crippen LogP contribution < -0.4 is 34.5 Å². The molecule has 8 N–H and O–H groups in total. The molecule has 1 aliphatic carbocycles. The van der Waals surface area contributed by atoms with Gasteiger partial charge in [-0.3, -0.25) is 14.2 Å².